The van der Waals surface area contributed by atoms with Gasteiger partial charge in [0, 0.05) is 11.4 Å². The summed E-state index contributed by atoms with van der Waals surface area (Å²) < 4.78 is 5.25. The highest BCUT2D eigenvalue weighted by atomic mass is 16.5. The van der Waals surface area contributed by atoms with Crippen LogP contribution in [0.4, 0.5) is 5.69 Å². The summed E-state index contributed by atoms with van der Waals surface area (Å²) >= 11 is 0. The second kappa shape index (κ2) is 5.52. The summed E-state index contributed by atoms with van der Waals surface area (Å²) in [5.74, 6) is -0.381. The molecule has 1 aromatic carbocycles. The number of aryl methyl sites for hydroxylation is 2. The zero-order chi connectivity index (χ0) is 13.8. The molecule has 0 amide bonds. The van der Waals surface area contributed by atoms with Crippen LogP contribution in [0.1, 0.15) is 27.3 Å². The molecular formula is C15H16N2O2. The van der Waals surface area contributed by atoms with E-state index in [4.69, 9.17) is 10.5 Å². The number of nitrogens with zero attached hydrogens (tertiary/aromatic N) is 1. The number of nitrogen functional groups attached to an aromatic ring is 1. The Bertz CT molecular complexity index is 609. The van der Waals surface area contributed by atoms with E-state index in [0.717, 1.165) is 17.0 Å². The number of rotatable bonds is 3. The van der Waals surface area contributed by atoms with Gasteiger partial charge in [0.2, 0.25) is 0 Å². The average molecular weight is 256 g/mol. The van der Waals surface area contributed by atoms with Gasteiger partial charge in [-0.25, -0.2) is 4.79 Å². The third-order valence-corrected chi connectivity index (χ3v) is 2.78. The molecule has 19 heavy (non-hydrogen) atoms. The molecule has 0 aliphatic rings. The lowest BCUT2D eigenvalue weighted by atomic mass is 10.1. The van der Waals surface area contributed by atoms with E-state index in [2.05, 4.69) is 4.98 Å². The molecule has 0 fully saturated rings. The van der Waals surface area contributed by atoms with Crippen LogP contribution in [-0.2, 0) is 11.3 Å². The van der Waals surface area contributed by atoms with E-state index in [1.54, 1.807) is 18.2 Å². The third-order valence-electron chi connectivity index (χ3n) is 2.78. The quantitative estimate of drug-likeness (QED) is 0.677. The summed E-state index contributed by atoms with van der Waals surface area (Å²) in [5.41, 5.74) is 9.19. The van der Waals surface area contributed by atoms with Crippen LogP contribution in [0.25, 0.3) is 0 Å². The van der Waals surface area contributed by atoms with Gasteiger partial charge in [0.15, 0.2) is 0 Å². The van der Waals surface area contributed by atoms with Crippen molar-refractivity contribution >= 4 is 11.7 Å². The lowest BCUT2D eigenvalue weighted by Gasteiger charge is -2.08. The number of benzene rings is 1. The van der Waals surface area contributed by atoms with Crippen molar-refractivity contribution in [3.63, 3.8) is 0 Å². The second-order valence-electron chi connectivity index (χ2n) is 4.42. The molecule has 0 spiro atoms. The number of esters is 1. The first kappa shape index (κ1) is 13.1. The van der Waals surface area contributed by atoms with E-state index in [0.29, 0.717) is 11.3 Å². The first-order valence-corrected chi connectivity index (χ1v) is 6.02. The van der Waals surface area contributed by atoms with Crippen LogP contribution in [0, 0.1) is 13.8 Å². The normalized spacial score (nSPS) is 10.2. The van der Waals surface area contributed by atoms with Crippen LogP contribution in [-0.4, -0.2) is 11.0 Å². The van der Waals surface area contributed by atoms with Crippen molar-refractivity contribution in [2.24, 2.45) is 0 Å². The van der Waals surface area contributed by atoms with Crippen molar-refractivity contribution in [3.8, 4) is 0 Å². The molecular weight excluding hydrogens is 240 g/mol. The van der Waals surface area contributed by atoms with Crippen LogP contribution < -0.4 is 5.73 Å². The first-order chi connectivity index (χ1) is 9.06. The van der Waals surface area contributed by atoms with Crippen LogP contribution >= 0.6 is 0 Å². The predicted molar refractivity (Wildman–Crippen MR) is 73.7 cm³/mol. The summed E-state index contributed by atoms with van der Waals surface area (Å²) in [7, 11) is 0. The molecule has 0 aliphatic heterocycles. The summed E-state index contributed by atoms with van der Waals surface area (Å²) in [4.78, 5) is 16.2. The fraction of sp³-hybridized carbons (Fsp3) is 0.200. The minimum atomic E-state index is -0.381. The molecule has 0 unspecified atom stereocenters. The Kier molecular flexibility index (Phi) is 3.80. The molecule has 0 aliphatic carbocycles. The van der Waals surface area contributed by atoms with Gasteiger partial charge in [-0.2, -0.15) is 0 Å². The number of nitrogens with two attached hydrogens (primary N) is 1. The van der Waals surface area contributed by atoms with Gasteiger partial charge < -0.3 is 10.5 Å². The molecule has 2 rings (SSSR count). The van der Waals surface area contributed by atoms with Crippen molar-refractivity contribution < 1.29 is 9.53 Å². The van der Waals surface area contributed by atoms with Crippen molar-refractivity contribution in [2.45, 2.75) is 20.5 Å². The molecule has 0 radical (unpaired) electrons. The number of hydrogen-bond donors (Lipinski definition) is 1. The molecule has 4 heteroatoms. The highest BCUT2D eigenvalue weighted by Gasteiger charge is 2.11. The Morgan fingerprint density at radius 3 is 2.79 bits per heavy atom. The molecule has 0 saturated carbocycles. The van der Waals surface area contributed by atoms with Crippen LogP contribution in [0.2, 0.25) is 0 Å². The molecule has 4 nitrogen and oxygen atoms in total. The van der Waals surface area contributed by atoms with Crippen LogP contribution in [0.15, 0.2) is 36.4 Å². The third kappa shape index (κ3) is 3.31. The zero-order valence-corrected chi connectivity index (χ0v) is 11.0. The number of hydrogen-bond acceptors (Lipinski definition) is 4. The van der Waals surface area contributed by atoms with Gasteiger partial charge in [0.05, 0.1) is 11.3 Å². The molecule has 2 N–H and O–H groups in total. The SMILES string of the molecule is Cc1cccc(COC(=O)c2cc(N)ccc2C)n1. The van der Waals surface area contributed by atoms with E-state index in [1.165, 1.54) is 0 Å². The Morgan fingerprint density at radius 1 is 1.26 bits per heavy atom. The maximum Gasteiger partial charge on any atom is 0.338 e. The highest BCUT2D eigenvalue weighted by Crippen LogP contribution is 2.14. The summed E-state index contributed by atoms with van der Waals surface area (Å²) in [6, 6.07) is 10.8. The molecule has 2 aromatic rings. The fourth-order valence-electron chi connectivity index (χ4n) is 1.76. The summed E-state index contributed by atoms with van der Waals surface area (Å²) in [6.45, 7) is 3.91. The highest BCUT2D eigenvalue weighted by molar-refractivity contribution is 5.92. The molecule has 0 saturated heterocycles. The molecule has 0 bridgehead atoms. The van der Waals surface area contributed by atoms with E-state index < -0.39 is 0 Å². The summed E-state index contributed by atoms with van der Waals surface area (Å²) in [6.07, 6.45) is 0. The number of aromatic nitrogens is 1. The molecule has 1 aromatic heterocycles. The monoisotopic (exact) mass is 256 g/mol. The minimum absolute atomic E-state index is 0.161. The van der Waals surface area contributed by atoms with Crippen molar-refractivity contribution in [3.05, 3.63) is 58.9 Å². The first-order valence-electron chi connectivity index (χ1n) is 6.02. The maximum absolute atomic E-state index is 12.0. The number of pyridine rings is 1. The average Bonchev–Trinajstić information content (AvgIpc) is 2.39. The fourth-order valence-corrected chi connectivity index (χ4v) is 1.76. The topological polar surface area (TPSA) is 65.2 Å². The standard InChI is InChI=1S/C15H16N2O2/c1-10-6-7-12(16)8-14(10)15(18)19-9-13-5-3-4-11(2)17-13/h3-8H,9,16H2,1-2H3. The number of carbonyl (C=O) groups excluding carboxylic acids is 1. The lowest BCUT2D eigenvalue weighted by molar-refractivity contribution is 0.0467. The predicted octanol–water partition coefficient (Wildman–Crippen LogP) is 2.64. The van der Waals surface area contributed by atoms with Crippen molar-refractivity contribution in [1.82, 2.24) is 4.98 Å². The van der Waals surface area contributed by atoms with Gasteiger partial charge in [0.25, 0.3) is 0 Å². The smallest absolute Gasteiger partial charge is 0.338 e. The Labute approximate surface area is 112 Å². The van der Waals surface area contributed by atoms with Crippen molar-refractivity contribution in [1.29, 1.82) is 0 Å². The summed E-state index contributed by atoms with van der Waals surface area (Å²) in [5, 5.41) is 0. The zero-order valence-electron chi connectivity index (χ0n) is 11.0. The van der Waals surface area contributed by atoms with E-state index in [-0.39, 0.29) is 12.6 Å². The van der Waals surface area contributed by atoms with Gasteiger partial charge in [-0.3, -0.25) is 4.98 Å². The Hall–Kier alpha value is -2.36. The van der Waals surface area contributed by atoms with Crippen LogP contribution in [0.3, 0.4) is 0 Å². The molecule has 1 heterocycles. The van der Waals surface area contributed by atoms with E-state index in [9.17, 15) is 4.79 Å². The van der Waals surface area contributed by atoms with Gasteiger partial charge in [-0.1, -0.05) is 12.1 Å². The van der Waals surface area contributed by atoms with Crippen LogP contribution in [0.5, 0.6) is 0 Å². The van der Waals surface area contributed by atoms with Gasteiger partial charge in [-0.15, -0.1) is 0 Å². The Morgan fingerprint density at radius 2 is 2.05 bits per heavy atom. The molecule has 98 valence electrons. The molecule has 0 atom stereocenters. The number of carbonyl (C=O) groups is 1. The number of ether oxygens (including phenoxy) is 1. The lowest BCUT2D eigenvalue weighted by Crippen LogP contribution is -2.08. The number of anilines is 1. The minimum Gasteiger partial charge on any atom is -0.456 e. The largest absolute Gasteiger partial charge is 0.456 e. The van der Waals surface area contributed by atoms with Gasteiger partial charge in [-0.05, 0) is 43.7 Å². The van der Waals surface area contributed by atoms with Gasteiger partial charge >= 0.3 is 5.97 Å². The van der Waals surface area contributed by atoms with E-state index in [1.807, 2.05) is 32.0 Å². The Balaban J connectivity index is 2.07. The van der Waals surface area contributed by atoms with Gasteiger partial charge in [0.1, 0.15) is 6.61 Å². The van der Waals surface area contributed by atoms with E-state index >= 15 is 0 Å². The maximum atomic E-state index is 12.0. The second-order valence-corrected chi connectivity index (χ2v) is 4.42. The van der Waals surface area contributed by atoms with Crippen molar-refractivity contribution in [2.75, 3.05) is 5.73 Å².